The van der Waals surface area contributed by atoms with E-state index in [2.05, 4.69) is 5.32 Å². The Morgan fingerprint density at radius 2 is 1.88 bits per heavy atom. The number of ether oxygens (including phenoxy) is 2. The summed E-state index contributed by atoms with van der Waals surface area (Å²) in [6.07, 6.45) is 2.44. The van der Waals surface area contributed by atoms with Crippen LogP contribution in [-0.2, 0) is 27.2 Å². The van der Waals surface area contributed by atoms with Crippen molar-refractivity contribution in [3.8, 4) is 5.75 Å². The highest BCUT2D eigenvalue weighted by Gasteiger charge is 2.20. The van der Waals surface area contributed by atoms with Crippen LogP contribution in [0.4, 0.5) is 14.5 Å². The minimum absolute atomic E-state index is 0.198. The van der Waals surface area contributed by atoms with Gasteiger partial charge in [-0.1, -0.05) is 23.9 Å². The maximum atomic E-state index is 12.6. The summed E-state index contributed by atoms with van der Waals surface area (Å²) >= 11 is 0.302. The number of anilines is 1. The number of hydrogen-bond acceptors (Lipinski definition) is 7. The molecule has 0 spiro atoms. The molecule has 172 valence electrons. The maximum absolute atomic E-state index is 12.6. The first kappa shape index (κ1) is 22.8. The van der Waals surface area contributed by atoms with E-state index in [9.17, 15) is 23.2 Å². The van der Waals surface area contributed by atoms with Crippen molar-refractivity contribution in [3.05, 3.63) is 64.0 Å². The highest BCUT2D eigenvalue weighted by molar-refractivity contribution is 7.99. The topological polar surface area (TPSA) is 94.8 Å². The Balaban J connectivity index is 1.30. The van der Waals surface area contributed by atoms with Crippen LogP contribution >= 0.6 is 11.8 Å². The summed E-state index contributed by atoms with van der Waals surface area (Å²) in [6.45, 7) is -1.07. The number of nitrogens with one attached hydrogen (secondary N) is 1. The van der Waals surface area contributed by atoms with Gasteiger partial charge in [-0.15, -0.1) is 0 Å². The number of carbonyl (C=O) groups is 2. The van der Waals surface area contributed by atoms with Gasteiger partial charge in [0, 0.05) is 21.9 Å². The highest BCUT2D eigenvalue weighted by Crippen LogP contribution is 2.32. The molecule has 1 aromatic heterocycles. The van der Waals surface area contributed by atoms with Gasteiger partial charge in [-0.2, -0.15) is 8.78 Å². The highest BCUT2D eigenvalue weighted by atomic mass is 32.2. The maximum Gasteiger partial charge on any atom is 0.344 e. The fourth-order valence-electron chi connectivity index (χ4n) is 3.64. The van der Waals surface area contributed by atoms with Crippen molar-refractivity contribution >= 4 is 40.3 Å². The van der Waals surface area contributed by atoms with Crippen molar-refractivity contribution in [2.75, 3.05) is 18.5 Å². The van der Waals surface area contributed by atoms with E-state index in [4.69, 9.17) is 13.9 Å². The van der Waals surface area contributed by atoms with E-state index in [1.165, 1.54) is 18.2 Å². The molecule has 0 unspecified atom stereocenters. The van der Waals surface area contributed by atoms with Gasteiger partial charge in [0.15, 0.2) is 13.2 Å². The fourth-order valence-corrected chi connectivity index (χ4v) is 4.23. The number of benzene rings is 2. The quantitative estimate of drug-likeness (QED) is 0.297. The number of esters is 1. The minimum atomic E-state index is -2.64. The van der Waals surface area contributed by atoms with Crippen LogP contribution in [0, 0.1) is 0 Å². The van der Waals surface area contributed by atoms with Crippen molar-refractivity contribution in [1.29, 1.82) is 0 Å². The largest absolute Gasteiger partial charge is 0.482 e. The lowest BCUT2D eigenvalue weighted by molar-refractivity contribution is -0.149. The third kappa shape index (κ3) is 5.51. The van der Waals surface area contributed by atoms with Gasteiger partial charge < -0.3 is 19.2 Å². The summed E-state index contributed by atoms with van der Waals surface area (Å²) in [5.41, 5.74) is 1.93. The van der Waals surface area contributed by atoms with Crippen LogP contribution in [0.1, 0.15) is 17.5 Å². The Labute approximate surface area is 191 Å². The van der Waals surface area contributed by atoms with Gasteiger partial charge in [-0.3, -0.25) is 4.79 Å². The summed E-state index contributed by atoms with van der Waals surface area (Å²) in [4.78, 5) is 36.3. The molecule has 7 nitrogen and oxygen atoms in total. The van der Waals surface area contributed by atoms with Gasteiger partial charge in [-0.05, 0) is 49.1 Å². The van der Waals surface area contributed by atoms with Crippen LogP contribution in [0.15, 0.2) is 56.6 Å². The molecule has 4 rings (SSSR count). The number of halogens is 2. The van der Waals surface area contributed by atoms with E-state index in [0.717, 1.165) is 23.8 Å². The second-order valence-corrected chi connectivity index (χ2v) is 8.26. The second kappa shape index (κ2) is 10.0. The molecule has 1 amide bonds. The first-order valence-electron chi connectivity index (χ1n) is 10.1. The molecule has 10 heteroatoms. The van der Waals surface area contributed by atoms with Gasteiger partial charge in [0.05, 0.1) is 5.69 Å². The summed E-state index contributed by atoms with van der Waals surface area (Å²) in [7, 11) is 0. The number of aryl methyl sites for hydroxylation is 1. The Bertz CT molecular complexity index is 1260. The third-order valence-electron chi connectivity index (χ3n) is 5.04. The first-order chi connectivity index (χ1) is 15.9. The van der Waals surface area contributed by atoms with E-state index >= 15 is 0 Å². The number of fused-ring (bicyclic) bond motifs is 3. The third-order valence-corrected chi connectivity index (χ3v) is 5.83. The zero-order valence-corrected chi connectivity index (χ0v) is 18.1. The number of hydrogen-bond donors (Lipinski definition) is 1. The average Bonchev–Trinajstić information content (AvgIpc) is 3.28. The predicted octanol–water partition coefficient (Wildman–Crippen LogP) is 4.16. The first-order valence-corrected chi connectivity index (χ1v) is 11.0. The number of carbonyl (C=O) groups excluding carboxylic acids is 2. The standard InChI is InChI=1S/C23H19F2NO6S/c24-23(25)33-19-7-2-1-6-17(19)26-20(27)11-31-21(28)12-30-13-8-9-15-14-4-3-5-16(14)22(29)32-18(15)10-13/h1-2,6-10,23H,3-5,11-12H2,(H,26,27). The van der Waals surface area contributed by atoms with E-state index in [-0.39, 0.29) is 16.2 Å². The molecule has 0 saturated carbocycles. The molecular weight excluding hydrogens is 456 g/mol. The number of alkyl halides is 2. The molecule has 2 aromatic carbocycles. The van der Waals surface area contributed by atoms with Gasteiger partial charge in [0.1, 0.15) is 11.3 Å². The summed E-state index contributed by atoms with van der Waals surface area (Å²) in [6, 6.07) is 11.1. The van der Waals surface area contributed by atoms with Gasteiger partial charge in [0.25, 0.3) is 11.7 Å². The van der Waals surface area contributed by atoms with E-state index in [1.54, 1.807) is 24.3 Å². The zero-order chi connectivity index (χ0) is 23.4. The molecule has 0 aliphatic heterocycles. The van der Waals surface area contributed by atoms with Gasteiger partial charge in [0.2, 0.25) is 0 Å². The summed E-state index contributed by atoms with van der Waals surface area (Å²) in [5.74, 6) is -3.80. The van der Waals surface area contributed by atoms with Crippen LogP contribution in [0.2, 0.25) is 0 Å². The molecule has 1 N–H and O–H groups in total. The number of amides is 1. The molecule has 33 heavy (non-hydrogen) atoms. The molecule has 0 atom stereocenters. The predicted molar refractivity (Wildman–Crippen MR) is 118 cm³/mol. The van der Waals surface area contributed by atoms with Crippen LogP contribution in [0.3, 0.4) is 0 Å². The minimum Gasteiger partial charge on any atom is -0.482 e. The normalized spacial score (nSPS) is 12.6. The molecular formula is C23H19F2NO6S. The van der Waals surface area contributed by atoms with Gasteiger partial charge in [-0.25, -0.2) is 9.59 Å². The lowest BCUT2D eigenvalue weighted by atomic mass is 10.1. The van der Waals surface area contributed by atoms with E-state index in [0.29, 0.717) is 35.1 Å². The Morgan fingerprint density at radius 3 is 2.70 bits per heavy atom. The Hall–Kier alpha value is -3.40. The van der Waals surface area contributed by atoms with Crippen molar-refractivity contribution in [2.45, 2.75) is 29.9 Å². The molecule has 1 aliphatic rings. The Kier molecular flexibility index (Phi) is 6.93. The lowest BCUT2D eigenvalue weighted by Gasteiger charge is -2.11. The average molecular weight is 475 g/mol. The van der Waals surface area contributed by atoms with E-state index in [1.807, 2.05) is 0 Å². The van der Waals surface area contributed by atoms with Crippen LogP contribution in [0.5, 0.6) is 5.75 Å². The molecule has 3 aromatic rings. The van der Waals surface area contributed by atoms with Crippen LogP contribution in [-0.4, -0.2) is 30.8 Å². The van der Waals surface area contributed by atoms with Crippen LogP contribution < -0.4 is 15.7 Å². The molecule has 0 saturated heterocycles. The molecule has 0 bridgehead atoms. The van der Waals surface area contributed by atoms with Crippen molar-refractivity contribution < 1.29 is 32.3 Å². The Morgan fingerprint density at radius 1 is 1.09 bits per heavy atom. The van der Waals surface area contributed by atoms with Crippen molar-refractivity contribution in [1.82, 2.24) is 0 Å². The van der Waals surface area contributed by atoms with E-state index < -0.39 is 30.8 Å². The number of para-hydroxylation sites is 1. The summed E-state index contributed by atoms with van der Waals surface area (Å²) in [5, 5.41) is 3.28. The van der Waals surface area contributed by atoms with Crippen molar-refractivity contribution in [3.63, 3.8) is 0 Å². The lowest BCUT2D eigenvalue weighted by Crippen LogP contribution is -2.23. The zero-order valence-electron chi connectivity index (χ0n) is 17.3. The number of rotatable bonds is 8. The molecule has 0 radical (unpaired) electrons. The smallest absolute Gasteiger partial charge is 0.344 e. The number of thioether (sulfide) groups is 1. The van der Waals surface area contributed by atoms with Crippen LogP contribution in [0.25, 0.3) is 11.0 Å². The van der Waals surface area contributed by atoms with Gasteiger partial charge >= 0.3 is 11.6 Å². The van der Waals surface area contributed by atoms with Crippen molar-refractivity contribution in [2.24, 2.45) is 0 Å². The molecule has 1 heterocycles. The molecule has 1 aliphatic carbocycles. The monoisotopic (exact) mass is 475 g/mol. The second-order valence-electron chi connectivity index (χ2n) is 7.23. The fraction of sp³-hybridized carbons (Fsp3) is 0.261. The SMILES string of the molecule is O=C(COC(=O)COc1ccc2c3c(c(=O)oc2c1)CCC3)Nc1ccccc1SC(F)F. The summed E-state index contributed by atoms with van der Waals surface area (Å²) < 4.78 is 40.9. The molecule has 0 fully saturated rings.